The summed E-state index contributed by atoms with van der Waals surface area (Å²) in [6, 6.07) is 0. The van der Waals surface area contributed by atoms with Crippen molar-refractivity contribution in [2.24, 2.45) is 11.8 Å². The summed E-state index contributed by atoms with van der Waals surface area (Å²) in [4.78, 5) is 23.2. The predicted molar refractivity (Wildman–Crippen MR) is 60.3 cm³/mol. The molecule has 0 bridgehead atoms. The molecule has 0 spiro atoms. The van der Waals surface area contributed by atoms with Gasteiger partial charge in [0.1, 0.15) is 0 Å². The van der Waals surface area contributed by atoms with E-state index < -0.39 is 23.8 Å². The fourth-order valence-electron chi connectivity index (χ4n) is 1.72. The summed E-state index contributed by atoms with van der Waals surface area (Å²) in [5.74, 6) is -3.28. The summed E-state index contributed by atoms with van der Waals surface area (Å²) in [5.41, 5.74) is 0. The highest BCUT2D eigenvalue weighted by molar-refractivity contribution is 5.80. The van der Waals surface area contributed by atoms with Crippen molar-refractivity contribution >= 4 is 11.9 Å². The first-order valence-electron chi connectivity index (χ1n) is 5.42. The molecule has 2 unspecified atom stereocenters. The monoisotopic (exact) mass is 231 g/mol. The van der Waals surface area contributed by atoms with E-state index in [2.05, 4.69) is 0 Å². The van der Waals surface area contributed by atoms with Crippen LogP contribution in [0.1, 0.15) is 25.7 Å². The molecule has 1 rings (SSSR count). The van der Waals surface area contributed by atoms with Gasteiger partial charge >= 0.3 is 11.9 Å². The second-order valence-electron chi connectivity index (χ2n) is 4.52. The zero-order valence-electron chi connectivity index (χ0n) is 10.1. The molecule has 0 aromatic rings. The Morgan fingerprint density at radius 1 is 0.938 bits per heavy atom. The molecule has 94 valence electrons. The number of carboxylic acids is 2. The molecule has 16 heavy (non-hydrogen) atoms. The lowest BCUT2D eigenvalue weighted by Gasteiger charge is -2.24. The lowest BCUT2D eigenvalue weighted by atomic mass is 9.79. The van der Waals surface area contributed by atoms with E-state index in [1.807, 2.05) is 26.0 Å². The van der Waals surface area contributed by atoms with E-state index in [0.717, 1.165) is 12.8 Å². The average Bonchev–Trinajstić information content (AvgIpc) is 2.16. The minimum atomic E-state index is -0.970. The van der Waals surface area contributed by atoms with Crippen LogP contribution < -0.4 is 0 Å². The molecule has 0 saturated heterocycles. The second-order valence-corrected chi connectivity index (χ2v) is 4.52. The third-order valence-corrected chi connectivity index (χ3v) is 2.40. The number of hydrogen-bond acceptors (Lipinski definition) is 3. The fraction of sp³-hybridized carbons (Fsp3) is 0.818. The van der Waals surface area contributed by atoms with Crippen LogP contribution in [-0.2, 0) is 9.59 Å². The Bertz CT molecular complexity index is 215. The number of carbonyl (C=O) groups is 2. The average molecular weight is 231 g/mol. The van der Waals surface area contributed by atoms with E-state index in [4.69, 9.17) is 10.2 Å². The van der Waals surface area contributed by atoms with Crippen molar-refractivity contribution in [3.05, 3.63) is 0 Å². The van der Waals surface area contributed by atoms with E-state index in [1.165, 1.54) is 0 Å². The molecule has 0 amide bonds. The van der Waals surface area contributed by atoms with Crippen molar-refractivity contribution in [2.75, 3.05) is 21.1 Å². The highest BCUT2D eigenvalue weighted by atomic mass is 16.4. The minimum Gasteiger partial charge on any atom is -0.481 e. The Morgan fingerprint density at radius 2 is 1.19 bits per heavy atom. The summed E-state index contributed by atoms with van der Waals surface area (Å²) in [6.07, 6.45) is 2.68. The van der Waals surface area contributed by atoms with Crippen LogP contribution in [0.4, 0.5) is 0 Å². The first-order chi connectivity index (χ1) is 7.36. The van der Waals surface area contributed by atoms with Gasteiger partial charge in [-0.25, -0.2) is 0 Å². The molecule has 0 aromatic carbocycles. The van der Waals surface area contributed by atoms with Crippen molar-refractivity contribution in [1.82, 2.24) is 4.90 Å². The topological polar surface area (TPSA) is 77.8 Å². The smallest absolute Gasteiger partial charge is 0.307 e. The standard InChI is InChI=1S/C8H12O4.C3H9N/c9-7(10)5-3-1-2-4-6(5)8(11)12;1-4(2)3/h5-6H,1-4H2,(H,9,10)(H,11,12);1-3H3. The lowest BCUT2D eigenvalue weighted by Crippen LogP contribution is -2.32. The first kappa shape index (κ1) is 14.9. The number of rotatable bonds is 2. The van der Waals surface area contributed by atoms with Gasteiger partial charge in [0.2, 0.25) is 0 Å². The summed E-state index contributed by atoms with van der Waals surface area (Å²) in [5, 5.41) is 17.4. The van der Waals surface area contributed by atoms with Crippen LogP contribution >= 0.6 is 0 Å². The molecule has 2 atom stereocenters. The molecule has 0 aliphatic heterocycles. The Hall–Kier alpha value is -1.10. The van der Waals surface area contributed by atoms with Gasteiger partial charge in [0.25, 0.3) is 0 Å². The van der Waals surface area contributed by atoms with Gasteiger partial charge in [0, 0.05) is 0 Å². The van der Waals surface area contributed by atoms with Gasteiger partial charge < -0.3 is 15.1 Å². The van der Waals surface area contributed by atoms with E-state index in [-0.39, 0.29) is 0 Å². The van der Waals surface area contributed by atoms with Gasteiger partial charge in [-0.2, -0.15) is 0 Å². The van der Waals surface area contributed by atoms with Gasteiger partial charge in [-0.1, -0.05) is 12.8 Å². The van der Waals surface area contributed by atoms with Crippen LogP contribution in [0.25, 0.3) is 0 Å². The van der Waals surface area contributed by atoms with E-state index >= 15 is 0 Å². The van der Waals surface area contributed by atoms with Gasteiger partial charge in [-0.15, -0.1) is 0 Å². The Morgan fingerprint density at radius 3 is 1.38 bits per heavy atom. The van der Waals surface area contributed by atoms with Crippen LogP contribution in [0.15, 0.2) is 0 Å². The van der Waals surface area contributed by atoms with Gasteiger partial charge in [-0.3, -0.25) is 9.59 Å². The SMILES string of the molecule is CN(C)C.O=C(O)C1CCCCC1C(=O)O. The molecule has 1 saturated carbocycles. The molecule has 2 N–H and O–H groups in total. The quantitative estimate of drug-likeness (QED) is 0.745. The zero-order chi connectivity index (χ0) is 12.7. The highest BCUT2D eigenvalue weighted by Gasteiger charge is 2.35. The molecule has 0 aromatic heterocycles. The molecule has 0 radical (unpaired) electrons. The van der Waals surface area contributed by atoms with Crippen LogP contribution in [0, 0.1) is 11.8 Å². The molecule has 5 nitrogen and oxygen atoms in total. The summed E-state index contributed by atoms with van der Waals surface area (Å²) in [7, 11) is 6.00. The third kappa shape index (κ3) is 5.70. The van der Waals surface area contributed by atoms with Gasteiger partial charge in [0.05, 0.1) is 11.8 Å². The second kappa shape index (κ2) is 7.22. The Labute approximate surface area is 96.1 Å². The van der Waals surface area contributed by atoms with Crippen molar-refractivity contribution in [3.8, 4) is 0 Å². The molecular weight excluding hydrogens is 210 g/mol. The van der Waals surface area contributed by atoms with E-state index in [9.17, 15) is 9.59 Å². The van der Waals surface area contributed by atoms with Crippen molar-refractivity contribution < 1.29 is 19.8 Å². The van der Waals surface area contributed by atoms with Crippen LogP contribution in [0.3, 0.4) is 0 Å². The molecule has 5 heteroatoms. The highest BCUT2D eigenvalue weighted by Crippen LogP contribution is 2.30. The maximum absolute atomic E-state index is 10.6. The maximum atomic E-state index is 10.6. The predicted octanol–water partition coefficient (Wildman–Crippen LogP) is 1.14. The Balaban J connectivity index is 0.000000487. The number of nitrogens with zero attached hydrogens (tertiary/aromatic N) is 1. The molecule has 1 fully saturated rings. The van der Waals surface area contributed by atoms with Crippen molar-refractivity contribution in [2.45, 2.75) is 25.7 Å². The van der Waals surface area contributed by atoms with Gasteiger partial charge in [-0.05, 0) is 34.0 Å². The number of carboxylic acid groups (broad SMARTS) is 2. The minimum absolute atomic E-state index is 0.506. The molecule has 0 heterocycles. The Kier molecular flexibility index (Phi) is 6.72. The summed E-state index contributed by atoms with van der Waals surface area (Å²) in [6.45, 7) is 0. The summed E-state index contributed by atoms with van der Waals surface area (Å²) >= 11 is 0. The first-order valence-corrected chi connectivity index (χ1v) is 5.42. The fourth-order valence-corrected chi connectivity index (χ4v) is 1.72. The van der Waals surface area contributed by atoms with Crippen LogP contribution in [0.2, 0.25) is 0 Å². The van der Waals surface area contributed by atoms with Crippen LogP contribution in [0.5, 0.6) is 0 Å². The number of hydrogen-bond donors (Lipinski definition) is 2. The largest absolute Gasteiger partial charge is 0.481 e. The van der Waals surface area contributed by atoms with E-state index in [1.54, 1.807) is 0 Å². The summed E-state index contributed by atoms with van der Waals surface area (Å²) < 4.78 is 0. The van der Waals surface area contributed by atoms with E-state index in [0.29, 0.717) is 12.8 Å². The molecular formula is C11H21NO4. The molecule has 1 aliphatic rings. The molecule has 1 aliphatic carbocycles. The maximum Gasteiger partial charge on any atom is 0.307 e. The van der Waals surface area contributed by atoms with Crippen LogP contribution in [-0.4, -0.2) is 48.2 Å². The lowest BCUT2D eigenvalue weighted by molar-refractivity contribution is -0.155. The van der Waals surface area contributed by atoms with Crippen molar-refractivity contribution in [1.29, 1.82) is 0 Å². The zero-order valence-corrected chi connectivity index (χ0v) is 10.1. The van der Waals surface area contributed by atoms with Gasteiger partial charge in [0.15, 0.2) is 0 Å². The third-order valence-electron chi connectivity index (χ3n) is 2.40. The normalized spacial score (nSPS) is 24.5. The van der Waals surface area contributed by atoms with Crippen molar-refractivity contribution in [3.63, 3.8) is 0 Å². The number of aliphatic carboxylic acids is 2.